The maximum atomic E-state index is 13.0. The van der Waals surface area contributed by atoms with Crippen molar-refractivity contribution < 1.29 is 19.0 Å². The Bertz CT molecular complexity index is 1500. The van der Waals surface area contributed by atoms with Gasteiger partial charge in [-0.05, 0) is 42.5 Å². The number of ether oxygens (including phenoxy) is 3. The molecule has 2 N–H and O–H groups in total. The van der Waals surface area contributed by atoms with E-state index in [2.05, 4.69) is 15.6 Å². The molecule has 0 aliphatic carbocycles. The Morgan fingerprint density at radius 3 is 2.68 bits per heavy atom. The number of rotatable bonds is 5. The van der Waals surface area contributed by atoms with Gasteiger partial charge in [0.1, 0.15) is 17.0 Å². The Kier molecular flexibility index (Phi) is 5.25. The van der Waals surface area contributed by atoms with Gasteiger partial charge in [-0.3, -0.25) is 9.59 Å². The van der Waals surface area contributed by atoms with Crippen molar-refractivity contribution in [1.82, 2.24) is 14.5 Å². The Morgan fingerprint density at radius 1 is 1.06 bits per heavy atom. The highest BCUT2D eigenvalue weighted by Gasteiger charge is 2.18. The smallest absolute Gasteiger partial charge is 0.264 e. The summed E-state index contributed by atoms with van der Waals surface area (Å²) >= 11 is 0. The zero-order valence-corrected chi connectivity index (χ0v) is 18.7. The largest absolute Gasteiger partial charge is 0.493 e. The standard InChI is InChI=1S/C24H21N5O5/c1-29-12-25-17-10-15(13-4-6-19(32-2)20(8-13)33-3)28-23(22(17)24(29)31)26-14-5-7-18-16(9-14)27-21(30)11-34-18/h4-10,12H,11H2,1-3H3,(H,26,28)(H,27,30). The van der Waals surface area contributed by atoms with E-state index in [4.69, 9.17) is 19.2 Å². The SMILES string of the molecule is COc1ccc(-c2cc3ncn(C)c(=O)c3c(Nc3ccc4c(c3)NC(=O)CO4)n2)cc1OC. The third-order valence-electron chi connectivity index (χ3n) is 5.46. The third-order valence-corrected chi connectivity index (χ3v) is 5.46. The van der Waals surface area contributed by atoms with Gasteiger partial charge in [-0.2, -0.15) is 0 Å². The van der Waals surface area contributed by atoms with E-state index in [0.29, 0.717) is 51.0 Å². The number of amides is 1. The second kappa shape index (κ2) is 8.39. The first-order valence-electron chi connectivity index (χ1n) is 10.4. The zero-order valence-electron chi connectivity index (χ0n) is 18.7. The first-order valence-corrected chi connectivity index (χ1v) is 10.4. The van der Waals surface area contributed by atoms with E-state index in [-0.39, 0.29) is 18.1 Å². The van der Waals surface area contributed by atoms with Gasteiger partial charge >= 0.3 is 0 Å². The molecule has 2 aromatic carbocycles. The van der Waals surface area contributed by atoms with Crippen LogP contribution in [0.4, 0.5) is 17.2 Å². The zero-order chi connectivity index (χ0) is 23.8. The highest BCUT2D eigenvalue weighted by atomic mass is 16.5. The van der Waals surface area contributed by atoms with Crippen LogP contribution in [0.5, 0.6) is 17.2 Å². The number of methoxy groups -OCH3 is 2. The first kappa shape index (κ1) is 21.3. The van der Waals surface area contributed by atoms with Crippen molar-refractivity contribution in [3.05, 3.63) is 59.1 Å². The molecule has 10 nitrogen and oxygen atoms in total. The molecule has 0 spiro atoms. The topological polar surface area (TPSA) is 117 Å². The van der Waals surface area contributed by atoms with E-state index >= 15 is 0 Å². The first-order chi connectivity index (χ1) is 16.5. The number of benzene rings is 2. The van der Waals surface area contributed by atoms with Gasteiger partial charge in [0, 0.05) is 18.3 Å². The van der Waals surface area contributed by atoms with E-state index in [1.807, 2.05) is 12.1 Å². The quantitative estimate of drug-likeness (QED) is 0.468. The molecule has 10 heteroatoms. The van der Waals surface area contributed by atoms with Crippen molar-refractivity contribution in [1.29, 1.82) is 0 Å². The van der Waals surface area contributed by atoms with E-state index in [1.54, 1.807) is 51.6 Å². The Hall–Kier alpha value is -4.60. The molecule has 3 heterocycles. The van der Waals surface area contributed by atoms with Gasteiger partial charge in [0.15, 0.2) is 18.1 Å². The van der Waals surface area contributed by atoms with Crippen LogP contribution in [0, 0.1) is 0 Å². The summed E-state index contributed by atoms with van der Waals surface area (Å²) < 4.78 is 17.6. The maximum absolute atomic E-state index is 13.0. The van der Waals surface area contributed by atoms with Crippen LogP contribution in [0.1, 0.15) is 0 Å². The van der Waals surface area contributed by atoms with Crippen LogP contribution in [0.3, 0.4) is 0 Å². The molecule has 172 valence electrons. The molecule has 0 saturated carbocycles. The number of hydrogen-bond donors (Lipinski definition) is 2. The highest BCUT2D eigenvalue weighted by Crippen LogP contribution is 2.35. The van der Waals surface area contributed by atoms with Gasteiger partial charge in [0.2, 0.25) is 0 Å². The van der Waals surface area contributed by atoms with Crippen molar-refractivity contribution in [3.63, 3.8) is 0 Å². The lowest BCUT2D eigenvalue weighted by Crippen LogP contribution is -2.25. The molecule has 0 bridgehead atoms. The number of anilines is 3. The number of aryl methyl sites for hydroxylation is 1. The molecule has 0 saturated heterocycles. The van der Waals surface area contributed by atoms with Crippen molar-refractivity contribution in [2.75, 3.05) is 31.5 Å². The van der Waals surface area contributed by atoms with E-state index in [1.165, 1.54) is 10.9 Å². The monoisotopic (exact) mass is 459 g/mol. The van der Waals surface area contributed by atoms with Crippen LogP contribution in [0.2, 0.25) is 0 Å². The Balaban J connectivity index is 1.65. The van der Waals surface area contributed by atoms with Gasteiger partial charge in [-0.25, -0.2) is 9.97 Å². The summed E-state index contributed by atoms with van der Waals surface area (Å²) in [6.07, 6.45) is 1.47. The fourth-order valence-corrected chi connectivity index (χ4v) is 3.75. The van der Waals surface area contributed by atoms with Crippen molar-refractivity contribution in [2.45, 2.75) is 0 Å². The fraction of sp³-hybridized carbons (Fsp3) is 0.167. The lowest BCUT2D eigenvalue weighted by Gasteiger charge is -2.19. The molecule has 1 aliphatic heterocycles. The predicted molar refractivity (Wildman–Crippen MR) is 127 cm³/mol. The lowest BCUT2D eigenvalue weighted by atomic mass is 10.1. The van der Waals surface area contributed by atoms with Crippen LogP contribution in [0.15, 0.2) is 53.6 Å². The molecule has 5 rings (SSSR count). The molecule has 0 atom stereocenters. The molecular formula is C24H21N5O5. The van der Waals surface area contributed by atoms with Crippen molar-refractivity contribution >= 4 is 34.0 Å². The number of hydrogen-bond acceptors (Lipinski definition) is 8. The number of aromatic nitrogens is 3. The second-order valence-electron chi connectivity index (χ2n) is 7.65. The Labute approximate surface area is 194 Å². The minimum absolute atomic E-state index is 0.0267. The van der Waals surface area contributed by atoms with Crippen LogP contribution in [-0.4, -0.2) is 41.3 Å². The average molecular weight is 459 g/mol. The number of carbonyl (C=O) groups excluding carboxylic acids is 1. The molecule has 0 radical (unpaired) electrons. The second-order valence-corrected chi connectivity index (χ2v) is 7.65. The number of nitrogens with one attached hydrogen (secondary N) is 2. The Morgan fingerprint density at radius 2 is 1.88 bits per heavy atom. The van der Waals surface area contributed by atoms with Gasteiger partial charge in [0.25, 0.3) is 11.5 Å². The number of fused-ring (bicyclic) bond motifs is 2. The summed E-state index contributed by atoms with van der Waals surface area (Å²) in [6, 6.07) is 12.5. The summed E-state index contributed by atoms with van der Waals surface area (Å²) in [5.41, 5.74) is 2.75. The number of pyridine rings is 1. The van der Waals surface area contributed by atoms with Crippen LogP contribution in [0.25, 0.3) is 22.2 Å². The van der Waals surface area contributed by atoms with E-state index < -0.39 is 0 Å². The molecule has 4 aromatic rings. The number of carbonyl (C=O) groups is 1. The van der Waals surface area contributed by atoms with Crippen LogP contribution in [-0.2, 0) is 11.8 Å². The minimum Gasteiger partial charge on any atom is -0.493 e. The summed E-state index contributed by atoms with van der Waals surface area (Å²) in [5, 5.41) is 6.33. The third kappa shape index (κ3) is 3.75. The van der Waals surface area contributed by atoms with E-state index in [9.17, 15) is 9.59 Å². The molecule has 1 aliphatic rings. The van der Waals surface area contributed by atoms with Crippen molar-refractivity contribution in [2.24, 2.45) is 7.05 Å². The van der Waals surface area contributed by atoms with Crippen LogP contribution < -0.4 is 30.4 Å². The maximum Gasteiger partial charge on any atom is 0.264 e. The predicted octanol–water partition coefficient (Wildman–Crippen LogP) is 3.09. The summed E-state index contributed by atoms with van der Waals surface area (Å²) in [5.74, 6) is 1.81. The average Bonchev–Trinajstić information content (AvgIpc) is 2.85. The summed E-state index contributed by atoms with van der Waals surface area (Å²) in [7, 11) is 4.76. The van der Waals surface area contributed by atoms with Gasteiger partial charge < -0.3 is 29.4 Å². The molecule has 0 unspecified atom stereocenters. The molecule has 34 heavy (non-hydrogen) atoms. The molecule has 1 amide bonds. The normalized spacial score (nSPS) is 12.5. The number of nitrogens with zero attached hydrogens (tertiary/aromatic N) is 3. The molecular weight excluding hydrogens is 438 g/mol. The van der Waals surface area contributed by atoms with E-state index in [0.717, 1.165) is 5.56 Å². The van der Waals surface area contributed by atoms with Crippen molar-refractivity contribution in [3.8, 4) is 28.5 Å². The molecule has 2 aromatic heterocycles. The summed E-state index contributed by atoms with van der Waals surface area (Å²) in [6.45, 7) is -0.0267. The lowest BCUT2D eigenvalue weighted by molar-refractivity contribution is -0.118. The van der Waals surface area contributed by atoms with Gasteiger partial charge in [0.05, 0.1) is 37.4 Å². The summed E-state index contributed by atoms with van der Waals surface area (Å²) in [4.78, 5) is 33.9. The fourth-order valence-electron chi connectivity index (χ4n) is 3.75. The van der Waals surface area contributed by atoms with Gasteiger partial charge in [-0.15, -0.1) is 0 Å². The molecule has 0 fully saturated rings. The van der Waals surface area contributed by atoms with Gasteiger partial charge in [-0.1, -0.05) is 0 Å². The highest BCUT2D eigenvalue weighted by molar-refractivity contribution is 5.97. The van der Waals surface area contributed by atoms with Crippen LogP contribution >= 0.6 is 0 Å². The minimum atomic E-state index is -0.242.